The Hall–Kier alpha value is -1.14. The van der Waals surface area contributed by atoms with Gasteiger partial charge in [-0.25, -0.2) is 0 Å². The molecule has 2 heterocycles. The molecule has 2 aliphatic heterocycles. The molecule has 0 aromatic heterocycles. The van der Waals surface area contributed by atoms with Crippen LogP contribution in [0.4, 0.5) is 0 Å². The summed E-state index contributed by atoms with van der Waals surface area (Å²) >= 11 is 0. The molecule has 0 aromatic carbocycles. The molecule has 0 radical (unpaired) electrons. The van der Waals surface area contributed by atoms with Crippen LogP contribution in [0.5, 0.6) is 0 Å². The van der Waals surface area contributed by atoms with Crippen LogP contribution in [0.2, 0.25) is 0 Å². The summed E-state index contributed by atoms with van der Waals surface area (Å²) in [5.74, 6) is 1.16. The van der Waals surface area contributed by atoms with Gasteiger partial charge in [0.25, 0.3) is 0 Å². The third kappa shape index (κ3) is 6.73. The molecule has 28 heavy (non-hydrogen) atoms. The molecule has 2 aliphatic rings. The van der Waals surface area contributed by atoms with Gasteiger partial charge in [0, 0.05) is 65.3 Å². The minimum atomic E-state index is 0.0626. The Balaban J connectivity index is 1.79. The van der Waals surface area contributed by atoms with Gasteiger partial charge < -0.3 is 9.80 Å². The largest absolute Gasteiger partial charge is 0.348 e. The maximum Gasteiger partial charge on any atom is 0.236 e. The molecule has 162 valence electrons. The number of carbonyl (C=O) groups is 2. The monoisotopic (exact) mass is 394 g/mol. The van der Waals surface area contributed by atoms with E-state index in [0.29, 0.717) is 36.9 Å². The van der Waals surface area contributed by atoms with Gasteiger partial charge in [0.1, 0.15) is 0 Å². The molecule has 0 bridgehead atoms. The number of carbonyl (C=O) groups excluding carboxylic acids is 2. The highest BCUT2D eigenvalue weighted by Crippen LogP contribution is 2.25. The van der Waals surface area contributed by atoms with Crippen LogP contribution < -0.4 is 0 Å². The van der Waals surface area contributed by atoms with Crippen molar-refractivity contribution in [2.24, 2.45) is 11.3 Å². The maximum absolute atomic E-state index is 12.5. The highest BCUT2D eigenvalue weighted by atomic mass is 16.2. The van der Waals surface area contributed by atoms with Gasteiger partial charge in [-0.2, -0.15) is 0 Å². The first kappa shape index (κ1) is 23.1. The number of hydrogen-bond acceptors (Lipinski definition) is 4. The fourth-order valence-electron chi connectivity index (χ4n) is 4.32. The molecule has 2 atom stereocenters. The maximum atomic E-state index is 12.5. The van der Waals surface area contributed by atoms with Crippen molar-refractivity contribution in [3.05, 3.63) is 0 Å². The van der Waals surface area contributed by atoms with Crippen molar-refractivity contribution >= 4 is 11.8 Å². The zero-order valence-corrected chi connectivity index (χ0v) is 19.2. The van der Waals surface area contributed by atoms with E-state index in [1.54, 1.807) is 4.90 Å². The topological polar surface area (TPSA) is 47.1 Å². The predicted octanol–water partition coefficient (Wildman–Crippen LogP) is 2.14. The molecule has 0 unspecified atom stereocenters. The van der Waals surface area contributed by atoms with Gasteiger partial charge >= 0.3 is 0 Å². The lowest BCUT2D eigenvalue weighted by Gasteiger charge is -2.46. The fourth-order valence-corrected chi connectivity index (χ4v) is 4.32. The average molecular weight is 395 g/mol. The molecule has 6 nitrogen and oxygen atoms in total. The fraction of sp³-hybridized carbons (Fsp3) is 0.909. The van der Waals surface area contributed by atoms with Gasteiger partial charge in [-0.05, 0) is 38.0 Å². The number of piperidine rings is 1. The number of piperazine rings is 1. The van der Waals surface area contributed by atoms with Crippen molar-refractivity contribution in [2.75, 3.05) is 53.4 Å². The van der Waals surface area contributed by atoms with Crippen molar-refractivity contribution in [1.29, 1.82) is 0 Å². The number of hydrogen-bond donors (Lipinski definition) is 0. The second-order valence-electron chi connectivity index (χ2n) is 10.4. The Kier molecular flexibility index (Phi) is 7.91. The number of amides is 2. The quantitative estimate of drug-likeness (QED) is 0.717. The van der Waals surface area contributed by atoms with E-state index in [-0.39, 0.29) is 11.3 Å². The molecule has 2 fully saturated rings. The Morgan fingerprint density at radius 3 is 2.04 bits per heavy atom. The van der Waals surface area contributed by atoms with Gasteiger partial charge in [-0.3, -0.25) is 19.4 Å². The van der Waals surface area contributed by atoms with Crippen LogP contribution in [0.3, 0.4) is 0 Å². The molecule has 6 heteroatoms. The minimum Gasteiger partial charge on any atom is -0.348 e. The highest BCUT2D eigenvalue weighted by molar-refractivity contribution is 5.77. The van der Waals surface area contributed by atoms with E-state index in [2.05, 4.69) is 49.3 Å². The molecule has 0 aromatic rings. The first-order valence-corrected chi connectivity index (χ1v) is 10.9. The van der Waals surface area contributed by atoms with Crippen molar-refractivity contribution in [1.82, 2.24) is 19.6 Å². The lowest BCUT2D eigenvalue weighted by molar-refractivity contribution is -0.135. The summed E-state index contributed by atoms with van der Waals surface area (Å²) in [5, 5.41) is 0. The average Bonchev–Trinajstić information content (AvgIpc) is 2.58. The van der Waals surface area contributed by atoms with E-state index >= 15 is 0 Å². The minimum absolute atomic E-state index is 0.0626. The van der Waals surface area contributed by atoms with Crippen LogP contribution in [0.25, 0.3) is 0 Å². The Morgan fingerprint density at radius 1 is 0.964 bits per heavy atom. The Morgan fingerprint density at radius 2 is 1.50 bits per heavy atom. The second-order valence-corrected chi connectivity index (χ2v) is 10.4. The zero-order valence-electron chi connectivity index (χ0n) is 19.2. The second kappa shape index (κ2) is 9.57. The van der Waals surface area contributed by atoms with Crippen LogP contribution in [0, 0.1) is 11.3 Å². The lowest BCUT2D eigenvalue weighted by Crippen LogP contribution is -2.59. The zero-order chi connectivity index (χ0) is 21.1. The summed E-state index contributed by atoms with van der Waals surface area (Å²) in [5.41, 5.74) is 0.0626. The van der Waals surface area contributed by atoms with Crippen LogP contribution in [-0.4, -0.2) is 96.9 Å². The molecule has 0 aliphatic carbocycles. The summed E-state index contributed by atoms with van der Waals surface area (Å²) in [6, 6.07) is 0.861. The normalized spacial score (nSPS) is 25.8. The van der Waals surface area contributed by atoms with Crippen molar-refractivity contribution in [2.45, 2.75) is 66.0 Å². The van der Waals surface area contributed by atoms with Crippen LogP contribution in [-0.2, 0) is 9.59 Å². The Bertz CT molecular complexity index is 535. The molecular weight excluding hydrogens is 352 g/mol. The summed E-state index contributed by atoms with van der Waals surface area (Å²) in [4.78, 5) is 33.2. The molecule has 2 amide bonds. The number of likely N-dealkylation sites (tertiary alicyclic amines) is 1. The predicted molar refractivity (Wildman–Crippen MR) is 114 cm³/mol. The SMILES string of the molecule is C[C@@H]1CN(CC2CCN(C(=O)CC(C)(C)C)CC2)[C@@H](C)CN1CC(=O)N(C)C. The first-order valence-electron chi connectivity index (χ1n) is 10.9. The standard InChI is InChI=1S/C22H42N4O2/c1-17-14-26(16-21(28)23(6)7)18(2)13-25(17)15-19-8-10-24(11-9-19)20(27)12-22(3,4)5/h17-19H,8-16H2,1-7H3/t17-,18+/m0/s1. The summed E-state index contributed by atoms with van der Waals surface area (Å²) < 4.78 is 0. The van der Waals surface area contributed by atoms with E-state index < -0.39 is 0 Å². The van der Waals surface area contributed by atoms with Crippen molar-refractivity contribution in [3.63, 3.8) is 0 Å². The molecule has 0 N–H and O–H groups in total. The van der Waals surface area contributed by atoms with E-state index in [0.717, 1.165) is 45.6 Å². The number of rotatable bonds is 5. The van der Waals surface area contributed by atoms with E-state index in [1.165, 1.54) is 0 Å². The summed E-state index contributed by atoms with van der Waals surface area (Å²) in [7, 11) is 3.65. The van der Waals surface area contributed by atoms with Gasteiger partial charge in [-0.1, -0.05) is 20.8 Å². The molecule has 2 saturated heterocycles. The smallest absolute Gasteiger partial charge is 0.236 e. The van der Waals surface area contributed by atoms with Crippen LogP contribution >= 0.6 is 0 Å². The number of likely N-dealkylation sites (N-methyl/N-ethyl adjacent to an activating group) is 1. The summed E-state index contributed by atoms with van der Waals surface area (Å²) in [6.07, 6.45) is 2.85. The van der Waals surface area contributed by atoms with Gasteiger partial charge in [0.2, 0.25) is 11.8 Å². The molecule has 2 rings (SSSR count). The molecule has 0 spiro atoms. The summed E-state index contributed by atoms with van der Waals surface area (Å²) in [6.45, 7) is 16.3. The van der Waals surface area contributed by atoms with Gasteiger partial charge in [0.15, 0.2) is 0 Å². The Labute approximate surface area is 172 Å². The van der Waals surface area contributed by atoms with Crippen LogP contribution in [0.15, 0.2) is 0 Å². The molecule has 0 saturated carbocycles. The van der Waals surface area contributed by atoms with Crippen molar-refractivity contribution in [3.8, 4) is 0 Å². The van der Waals surface area contributed by atoms with Gasteiger partial charge in [0.05, 0.1) is 6.54 Å². The third-order valence-corrected chi connectivity index (χ3v) is 6.22. The van der Waals surface area contributed by atoms with Crippen molar-refractivity contribution < 1.29 is 9.59 Å². The van der Waals surface area contributed by atoms with Crippen LogP contribution in [0.1, 0.15) is 53.9 Å². The van der Waals surface area contributed by atoms with E-state index in [1.807, 2.05) is 14.1 Å². The lowest BCUT2D eigenvalue weighted by atomic mass is 9.90. The highest BCUT2D eigenvalue weighted by Gasteiger charge is 2.33. The van der Waals surface area contributed by atoms with E-state index in [4.69, 9.17) is 0 Å². The van der Waals surface area contributed by atoms with Gasteiger partial charge in [-0.15, -0.1) is 0 Å². The third-order valence-electron chi connectivity index (χ3n) is 6.22. The first-order chi connectivity index (χ1) is 13.0. The number of nitrogens with zero attached hydrogens (tertiary/aromatic N) is 4. The molecular formula is C22H42N4O2. The van der Waals surface area contributed by atoms with E-state index in [9.17, 15) is 9.59 Å².